The van der Waals surface area contributed by atoms with Crippen LogP contribution in [0.15, 0.2) is 48.8 Å². The van der Waals surface area contributed by atoms with Gasteiger partial charge in [-0.15, -0.1) is 0 Å². The summed E-state index contributed by atoms with van der Waals surface area (Å²) < 4.78 is 1.83. The van der Waals surface area contributed by atoms with Crippen molar-refractivity contribution in [2.24, 2.45) is 0 Å². The zero-order valence-corrected chi connectivity index (χ0v) is 16.1. The zero-order valence-electron chi connectivity index (χ0n) is 16.1. The number of benzene rings is 1. The van der Waals surface area contributed by atoms with Crippen molar-refractivity contribution in [3.8, 4) is 0 Å². The second-order valence-electron chi connectivity index (χ2n) is 6.76. The van der Waals surface area contributed by atoms with E-state index >= 15 is 0 Å². The normalized spacial score (nSPS) is 11.0. The van der Waals surface area contributed by atoms with E-state index in [0.29, 0.717) is 12.0 Å². The molecule has 1 aromatic carbocycles. The van der Waals surface area contributed by atoms with Crippen LogP contribution in [-0.2, 0) is 11.2 Å². The van der Waals surface area contributed by atoms with Crippen LogP contribution in [0.3, 0.4) is 0 Å². The minimum atomic E-state index is -0.412. The SMILES string of the molecule is Cc1nc2c3ccccc3nn2c(C)c1CCC(=O)NNC(=O)c1cccnc1. The Kier molecular flexibility index (Phi) is 4.90. The van der Waals surface area contributed by atoms with E-state index in [9.17, 15) is 9.59 Å². The van der Waals surface area contributed by atoms with E-state index in [1.807, 2.05) is 42.6 Å². The Bertz CT molecular complexity index is 1220. The molecule has 0 radical (unpaired) electrons. The number of hydrogen-bond acceptors (Lipinski definition) is 5. The number of fused-ring (bicyclic) bond motifs is 3. The molecule has 0 aliphatic carbocycles. The smallest absolute Gasteiger partial charge is 0.271 e. The second kappa shape index (κ2) is 7.67. The Morgan fingerprint density at radius 2 is 1.90 bits per heavy atom. The second-order valence-corrected chi connectivity index (χ2v) is 6.76. The van der Waals surface area contributed by atoms with E-state index in [1.54, 1.807) is 18.3 Å². The van der Waals surface area contributed by atoms with Gasteiger partial charge < -0.3 is 0 Å². The molecule has 0 aliphatic rings. The zero-order chi connectivity index (χ0) is 20.4. The van der Waals surface area contributed by atoms with Gasteiger partial charge in [-0.25, -0.2) is 9.50 Å². The quantitative estimate of drug-likeness (QED) is 0.523. The van der Waals surface area contributed by atoms with Crippen molar-refractivity contribution in [3.63, 3.8) is 0 Å². The maximum Gasteiger partial charge on any atom is 0.271 e. The van der Waals surface area contributed by atoms with Gasteiger partial charge in [0.25, 0.3) is 5.91 Å². The van der Waals surface area contributed by atoms with Gasteiger partial charge in [-0.05, 0) is 50.1 Å². The highest BCUT2D eigenvalue weighted by Crippen LogP contribution is 2.22. The summed E-state index contributed by atoms with van der Waals surface area (Å²) in [7, 11) is 0. The third-order valence-corrected chi connectivity index (χ3v) is 4.86. The van der Waals surface area contributed by atoms with Crippen LogP contribution >= 0.6 is 0 Å². The number of carbonyl (C=O) groups is 2. The van der Waals surface area contributed by atoms with E-state index in [-0.39, 0.29) is 12.3 Å². The molecule has 0 bridgehead atoms. The number of amides is 2. The fraction of sp³-hybridized carbons (Fsp3) is 0.190. The van der Waals surface area contributed by atoms with Crippen LogP contribution in [0.5, 0.6) is 0 Å². The largest absolute Gasteiger partial charge is 0.273 e. The van der Waals surface area contributed by atoms with Gasteiger partial charge in [-0.3, -0.25) is 25.4 Å². The van der Waals surface area contributed by atoms with Crippen molar-refractivity contribution in [2.45, 2.75) is 26.7 Å². The lowest BCUT2D eigenvalue weighted by Crippen LogP contribution is -2.41. The Balaban J connectivity index is 1.46. The van der Waals surface area contributed by atoms with Gasteiger partial charge in [0.15, 0.2) is 5.65 Å². The van der Waals surface area contributed by atoms with Crippen molar-refractivity contribution >= 4 is 28.4 Å². The Hall–Kier alpha value is -3.81. The van der Waals surface area contributed by atoms with E-state index in [4.69, 9.17) is 4.98 Å². The molecule has 0 atom stereocenters. The van der Waals surface area contributed by atoms with Crippen molar-refractivity contribution < 1.29 is 9.59 Å². The number of hydrazine groups is 1. The van der Waals surface area contributed by atoms with Gasteiger partial charge in [-0.2, -0.15) is 5.10 Å². The first-order valence-corrected chi connectivity index (χ1v) is 9.27. The lowest BCUT2D eigenvalue weighted by atomic mass is 10.1. The van der Waals surface area contributed by atoms with Crippen LogP contribution in [0, 0.1) is 13.8 Å². The summed E-state index contributed by atoms with van der Waals surface area (Å²) in [4.78, 5) is 32.8. The monoisotopic (exact) mass is 388 g/mol. The highest BCUT2D eigenvalue weighted by atomic mass is 16.2. The van der Waals surface area contributed by atoms with Crippen LogP contribution in [0.1, 0.15) is 33.7 Å². The molecule has 4 rings (SSSR count). The number of carbonyl (C=O) groups excluding carboxylic acids is 2. The molecule has 2 N–H and O–H groups in total. The molecule has 0 saturated carbocycles. The maximum absolute atomic E-state index is 12.2. The van der Waals surface area contributed by atoms with Crippen LogP contribution in [0.25, 0.3) is 16.6 Å². The van der Waals surface area contributed by atoms with Crippen LogP contribution in [-0.4, -0.2) is 31.4 Å². The van der Waals surface area contributed by atoms with Crippen molar-refractivity contribution in [2.75, 3.05) is 0 Å². The molecule has 0 unspecified atom stereocenters. The number of pyridine rings is 1. The fourth-order valence-electron chi connectivity index (χ4n) is 3.34. The third-order valence-electron chi connectivity index (χ3n) is 4.86. The summed E-state index contributed by atoms with van der Waals surface area (Å²) in [5, 5.41) is 5.63. The first-order chi connectivity index (χ1) is 14.0. The van der Waals surface area contributed by atoms with Crippen LogP contribution in [0.4, 0.5) is 0 Å². The molecule has 3 aromatic heterocycles. The first kappa shape index (κ1) is 18.5. The van der Waals surface area contributed by atoms with Gasteiger partial charge >= 0.3 is 0 Å². The fourth-order valence-corrected chi connectivity index (χ4v) is 3.34. The maximum atomic E-state index is 12.2. The minimum Gasteiger partial charge on any atom is -0.273 e. The topological polar surface area (TPSA) is 101 Å². The van der Waals surface area contributed by atoms with E-state index in [0.717, 1.165) is 33.5 Å². The van der Waals surface area contributed by atoms with Gasteiger partial charge in [0.05, 0.1) is 11.1 Å². The summed E-state index contributed by atoms with van der Waals surface area (Å²) in [6, 6.07) is 11.1. The summed E-state index contributed by atoms with van der Waals surface area (Å²) >= 11 is 0. The van der Waals surface area contributed by atoms with Gasteiger partial charge in [0.2, 0.25) is 5.91 Å². The molecule has 29 heavy (non-hydrogen) atoms. The molecule has 0 aliphatic heterocycles. The molecular formula is C21H20N6O2. The first-order valence-electron chi connectivity index (χ1n) is 9.27. The molecule has 0 saturated heterocycles. The molecule has 146 valence electrons. The summed E-state index contributed by atoms with van der Waals surface area (Å²) in [5.74, 6) is -0.697. The number of nitrogens with zero attached hydrogens (tertiary/aromatic N) is 4. The highest BCUT2D eigenvalue weighted by Gasteiger charge is 2.15. The predicted octanol–water partition coefficient (Wildman–Crippen LogP) is 2.29. The van der Waals surface area contributed by atoms with Gasteiger partial charge in [0.1, 0.15) is 0 Å². The molecule has 3 heterocycles. The predicted molar refractivity (Wildman–Crippen MR) is 108 cm³/mol. The Morgan fingerprint density at radius 3 is 2.69 bits per heavy atom. The number of aromatic nitrogens is 4. The summed E-state index contributed by atoms with van der Waals surface area (Å²) in [6.45, 7) is 3.91. The van der Waals surface area contributed by atoms with Crippen molar-refractivity contribution in [3.05, 3.63) is 71.3 Å². The molecular weight excluding hydrogens is 368 g/mol. The average molecular weight is 388 g/mol. The van der Waals surface area contributed by atoms with Crippen LogP contribution < -0.4 is 10.9 Å². The lowest BCUT2D eigenvalue weighted by molar-refractivity contribution is -0.121. The van der Waals surface area contributed by atoms with Gasteiger partial charge in [0, 0.05) is 35.6 Å². The lowest BCUT2D eigenvalue weighted by Gasteiger charge is -2.11. The van der Waals surface area contributed by atoms with Crippen molar-refractivity contribution in [1.29, 1.82) is 0 Å². The van der Waals surface area contributed by atoms with Gasteiger partial charge in [-0.1, -0.05) is 12.1 Å². The molecule has 2 amide bonds. The van der Waals surface area contributed by atoms with E-state index in [1.165, 1.54) is 6.20 Å². The molecule has 8 nitrogen and oxygen atoms in total. The summed E-state index contributed by atoms with van der Waals surface area (Å²) in [6.07, 6.45) is 3.71. The molecule has 0 spiro atoms. The molecule has 0 fully saturated rings. The number of aryl methyl sites for hydroxylation is 2. The Labute approximate surface area is 166 Å². The number of nitrogens with one attached hydrogen (secondary N) is 2. The number of hydrogen-bond donors (Lipinski definition) is 2. The number of rotatable bonds is 4. The van der Waals surface area contributed by atoms with Crippen molar-refractivity contribution in [1.82, 2.24) is 30.4 Å². The average Bonchev–Trinajstić information content (AvgIpc) is 3.11. The summed E-state index contributed by atoms with van der Waals surface area (Å²) in [5.41, 5.74) is 9.71. The highest BCUT2D eigenvalue weighted by molar-refractivity contribution is 5.95. The Morgan fingerprint density at radius 1 is 1.07 bits per heavy atom. The minimum absolute atomic E-state index is 0.211. The third kappa shape index (κ3) is 3.64. The van der Waals surface area contributed by atoms with E-state index in [2.05, 4.69) is 20.9 Å². The molecule has 4 aromatic rings. The standard InChI is InChI=1S/C21H20N6O2/c1-13-16(9-10-19(28)24-25-21(29)15-6-5-11-22-12-15)14(2)27-20(23-13)17-7-3-4-8-18(17)26-27/h3-8,11-12H,9-10H2,1-2H3,(H,24,28)(H,25,29). The van der Waals surface area contributed by atoms with Crippen LogP contribution in [0.2, 0.25) is 0 Å². The van der Waals surface area contributed by atoms with E-state index < -0.39 is 5.91 Å². The molecule has 8 heteroatoms.